The van der Waals surface area contributed by atoms with E-state index in [-0.39, 0.29) is 5.92 Å². The van der Waals surface area contributed by atoms with Crippen molar-refractivity contribution in [2.24, 2.45) is 17.8 Å². The van der Waals surface area contributed by atoms with E-state index in [1.54, 1.807) is 13.8 Å². The summed E-state index contributed by atoms with van der Waals surface area (Å²) in [5.74, 6) is -7.08. The summed E-state index contributed by atoms with van der Waals surface area (Å²) in [4.78, 5) is 31.9. The van der Waals surface area contributed by atoms with Gasteiger partial charge in [0, 0.05) is 6.42 Å². The van der Waals surface area contributed by atoms with Crippen LogP contribution in [0, 0.1) is 17.8 Å². The Balaban J connectivity index is 4.92. The summed E-state index contributed by atoms with van der Waals surface area (Å²) >= 11 is 0. The first kappa shape index (κ1) is 13.4. The molecule has 6 heteroatoms. The molecule has 0 amide bonds. The molecule has 0 aliphatic heterocycles. The molecule has 0 rings (SSSR count). The van der Waals surface area contributed by atoms with Crippen LogP contribution in [0.5, 0.6) is 0 Å². The van der Waals surface area contributed by atoms with Crippen molar-refractivity contribution in [3.63, 3.8) is 0 Å². The zero-order chi connectivity index (χ0) is 12.2. The summed E-state index contributed by atoms with van der Waals surface area (Å²) in [5.41, 5.74) is 0. The van der Waals surface area contributed by atoms with E-state index >= 15 is 0 Å². The van der Waals surface area contributed by atoms with E-state index in [1.807, 2.05) is 0 Å². The minimum atomic E-state index is -1.67. The number of hydrogen-bond acceptors (Lipinski definition) is 3. The Morgan fingerprint density at radius 2 is 1.40 bits per heavy atom. The summed E-state index contributed by atoms with van der Waals surface area (Å²) in [6.07, 6.45) is -0.457. The van der Waals surface area contributed by atoms with Crippen LogP contribution >= 0.6 is 0 Å². The molecule has 0 aliphatic rings. The molecule has 0 radical (unpaired) electrons. The highest BCUT2D eigenvalue weighted by Gasteiger charge is 2.37. The number of carboxylic acids is 3. The van der Waals surface area contributed by atoms with E-state index in [0.717, 1.165) is 0 Å². The fourth-order valence-corrected chi connectivity index (χ4v) is 1.41. The van der Waals surface area contributed by atoms with E-state index in [0.29, 0.717) is 0 Å². The van der Waals surface area contributed by atoms with Crippen molar-refractivity contribution in [1.82, 2.24) is 0 Å². The van der Waals surface area contributed by atoms with Crippen LogP contribution in [-0.4, -0.2) is 33.2 Å². The lowest BCUT2D eigenvalue weighted by atomic mass is 9.81. The molecule has 1 atom stereocenters. The molecular weight excluding hydrogens is 204 g/mol. The number of carboxylic acid groups (broad SMARTS) is 3. The van der Waals surface area contributed by atoms with E-state index in [1.165, 1.54) is 0 Å². The first-order chi connectivity index (χ1) is 6.77. The molecule has 0 heterocycles. The molecule has 0 fully saturated rings. The van der Waals surface area contributed by atoms with Gasteiger partial charge in [-0.25, -0.2) is 0 Å². The predicted molar refractivity (Wildman–Crippen MR) is 49.3 cm³/mol. The lowest BCUT2D eigenvalue weighted by Crippen LogP contribution is -2.35. The summed E-state index contributed by atoms with van der Waals surface area (Å²) < 4.78 is 0. The fraction of sp³-hybridized carbons (Fsp3) is 0.667. The quantitative estimate of drug-likeness (QED) is 0.560. The van der Waals surface area contributed by atoms with Crippen molar-refractivity contribution < 1.29 is 29.7 Å². The molecule has 0 saturated carbocycles. The van der Waals surface area contributed by atoms with Crippen molar-refractivity contribution in [1.29, 1.82) is 0 Å². The van der Waals surface area contributed by atoms with Gasteiger partial charge in [-0.15, -0.1) is 0 Å². The highest BCUT2D eigenvalue weighted by Crippen LogP contribution is 2.25. The summed E-state index contributed by atoms with van der Waals surface area (Å²) in [6.45, 7) is 3.21. The minimum absolute atomic E-state index is 0.321. The smallest absolute Gasteiger partial charge is 0.318 e. The van der Waals surface area contributed by atoms with Gasteiger partial charge in [-0.3, -0.25) is 14.4 Å². The van der Waals surface area contributed by atoms with E-state index in [4.69, 9.17) is 15.3 Å². The topological polar surface area (TPSA) is 112 Å². The van der Waals surface area contributed by atoms with Crippen LogP contribution in [0.2, 0.25) is 0 Å². The Kier molecular flexibility index (Phi) is 4.77. The summed E-state index contributed by atoms with van der Waals surface area (Å²) in [7, 11) is 0. The molecule has 0 spiro atoms. The molecule has 0 aromatic rings. The Hall–Kier alpha value is -1.59. The van der Waals surface area contributed by atoms with Gasteiger partial charge in [-0.05, 0) is 11.8 Å². The van der Waals surface area contributed by atoms with Gasteiger partial charge in [0.15, 0.2) is 5.92 Å². The van der Waals surface area contributed by atoms with Crippen LogP contribution in [-0.2, 0) is 14.4 Å². The zero-order valence-corrected chi connectivity index (χ0v) is 8.51. The van der Waals surface area contributed by atoms with Gasteiger partial charge in [-0.2, -0.15) is 0 Å². The molecule has 1 unspecified atom stereocenters. The first-order valence-corrected chi connectivity index (χ1v) is 4.44. The first-order valence-electron chi connectivity index (χ1n) is 4.44. The van der Waals surface area contributed by atoms with Gasteiger partial charge in [0.25, 0.3) is 0 Å². The van der Waals surface area contributed by atoms with Crippen molar-refractivity contribution in [3.05, 3.63) is 0 Å². The molecule has 0 bridgehead atoms. The summed E-state index contributed by atoms with van der Waals surface area (Å²) in [6, 6.07) is 0. The second-order valence-corrected chi connectivity index (χ2v) is 3.66. The van der Waals surface area contributed by atoms with Crippen molar-refractivity contribution in [2.75, 3.05) is 0 Å². The highest BCUT2D eigenvalue weighted by atomic mass is 16.4. The SMILES string of the molecule is CC(C)C(CC(=O)O)C(C(=O)O)C(=O)O. The van der Waals surface area contributed by atoms with Crippen molar-refractivity contribution in [3.8, 4) is 0 Å². The number of carbonyl (C=O) groups is 3. The second kappa shape index (κ2) is 5.33. The highest BCUT2D eigenvalue weighted by molar-refractivity contribution is 5.93. The molecule has 3 N–H and O–H groups in total. The van der Waals surface area contributed by atoms with Crippen molar-refractivity contribution >= 4 is 17.9 Å². The standard InChI is InChI=1S/C9H14O6/c1-4(2)5(3-6(10)11)7(8(12)13)9(14)15/h4-5,7H,3H2,1-2H3,(H,10,11)(H,12,13)(H,14,15). The maximum absolute atomic E-state index is 10.7. The van der Waals surface area contributed by atoms with Crippen LogP contribution < -0.4 is 0 Å². The molecule has 15 heavy (non-hydrogen) atoms. The molecule has 86 valence electrons. The lowest BCUT2D eigenvalue weighted by Gasteiger charge is -2.22. The average molecular weight is 218 g/mol. The maximum Gasteiger partial charge on any atom is 0.318 e. The molecule has 0 saturated heterocycles. The Morgan fingerprint density at radius 1 is 1.00 bits per heavy atom. The number of hydrogen-bond donors (Lipinski definition) is 3. The molecule has 0 aromatic carbocycles. The number of aliphatic carboxylic acids is 3. The third kappa shape index (κ3) is 3.97. The molecule has 6 nitrogen and oxygen atoms in total. The Labute approximate surface area is 86.5 Å². The van der Waals surface area contributed by atoms with Gasteiger partial charge in [0.05, 0.1) is 0 Å². The minimum Gasteiger partial charge on any atom is -0.481 e. The third-order valence-electron chi connectivity index (χ3n) is 2.23. The van der Waals surface area contributed by atoms with Gasteiger partial charge in [0.1, 0.15) is 0 Å². The van der Waals surface area contributed by atoms with Gasteiger partial charge in [-0.1, -0.05) is 13.8 Å². The summed E-state index contributed by atoms with van der Waals surface area (Å²) in [5, 5.41) is 26.0. The van der Waals surface area contributed by atoms with Crippen LogP contribution in [0.4, 0.5) is 0 Å². The van der Waals surface area contributed by atoms with Crippen LogP contribution in [0.1, 0.15) is 20.3 Å². The van der Waals surface area contributed by atoms with Crippen molar-refractivity contribution in [2.45, 2.75) is 20.3 Å². The second-order valence-electron chi connectivity index (χ2n) is 3.66. The van der Waals surface area contributed by atoms with E-state index < -0.39 is 36.2 Å². The largest absolute Gasteiger partial charge is 0.481 e. The normalized spacial score (nSPS) is 12.8. The maximum atomic E-state index is 10.7. The third-order valence-corrected chi connectivity index (χ3v) is 2.23. The molecule has 0 aliphatic carbocycles. The van der Waals surface area contributed by atoms with Gasteiger partial charge in [0.2, 0.25) is 0 Å². The van der Waals surface area contributed by atoms with E-state index in [2.05, 4.69) is 0 Å². The predicted octanol–water partition coefficient (Wildman–Crippen LogP) is 0.519. The number of rotatable bonds is 6. The molecule has 0 aromatic heterocycles. The lowest BCUT2D eigenvalue weighted by molar-refractivity contribution is -0.159. The monoisotopic (exact) mass is 218 g/mol. The Bertz CT molecular complexity index is 256. The molecular formula is C9H14O6. The van der Waals surface area contributed by atoms with Crippen LogP contribution in [0.15, 0.2) is 0 Å². The van der Waals surface area contributed by atoms with Crippen LogP contribution in [0.25, 0.3) is 0 Å². The van der Waals surface area contributed by atoms with Gasteiger partial charge >= 0.3 is 17.9 Å². The van der Waals surface area contributed by atoms with Crippen LogP contribution in [0.3, 0.4) is 0 Å². The fourth-order valence-electron chi connectivity index (χ4n) is 1.41. The zero-order valence-electron chi connectivity index (χ0n) is 8.51. The average Bonchev–Trinajstić information content (AvgIpc) is 2.00. The van der Waals surface area contributed by atoms with Gasteiger partial charge < -0.3 is 15.3 Å². The van der Waals surface area contributed by atoms with E-state index in [9.17, 15) is 14.4 Å². The Morgan fingerprint density at radius 3 is 1.60 bits per heavy atom.